The molecule has 2 rings (SSSR count). The zero-order chi connectivity index (χ0) is 21.4. The van der Waals surface area contributed by atoms with Crippen molar-refractivity contribution in [2.24, 2.45) is 5.92 Å². The van der Waals surface area contributed by atoms with Gasteiger partial charge in [0.25, 0.3) is 5.91 Å². The van der Waals surface area contributed by atoms with Crippen molar-refractivity contribution in [1.29, 1.82) is 0 Å². The van der Waals surface area contributed by atoms with E-state index in [0.29, 0.717) is 22.6 Å². The fraction of sp³-hybridized carbons (Fsp3) is 0.318. The summed E-state index contributed by atoms with van der Waals surface area (Å²) in [5.74, 6) is -0.616. The van der Waals surface area contributed by atoms with Crippen LogP contribution in [0.25, 0.3) is 0 Å². The van der Waals surface area contributed by atoms with Crippen molar-refractivity contribution in [2.75, 3.05) is 22.5 Å². The molecular formula is C22H28N4O3. The first-order valence-electron chi connectivity index (χ1n) is 9.60. The highest BCUT2D eigenvalue weighted by molar-refractivity contribution is 5.98. The van der Waals surface area contributed by atoms with Gasteiger partial charge in [0.15, 0.2) is 0 Å². The third kappa shape index (κ3) is 7.29. The molecule has 0 radical (unpaired) electrons. The molecule has 0 aromatic heterocycles. The Labute approximate surface area is 171 Å². The van der Waals surface area contributed by atoms with E-state index in [1.54, 1.807) is 42.5 Å². The summed E-state index contributed by atoms with van der Waals surface area (Å²) < 4.78 is 0. The molecule has 2 aromatic rings. The van der Waals surface area contributed by atoms with E-state index in [9.17, 15) is 14.4 Å². The molecule has 0 aliphatic carbocycles. The quantitative estimate of drug-likeness (QED) is 0.549. The minimum Gasteiger partial charge on any atom is -0.376 e. The van der Waals surface area contributed by atoms with Crippen molar-refractivity contribution >= 4 is 34.8 Å². The van der Waals surface area contributed by atoms with Crippen molar-refractivity contribution in [3.05, 3.63) is 54.1 Å². The predicted molar refractivity (Wildman–Crippen MR) is 116 cm³/mol. The van der Waals surface area contributed by atoms with Gasteiger partial charge in [0.1, 0.15) is 0 Å². The fourth-order valence-electron chi connectivity index (χ4n) is 2.46. The average molecular weight is 396 g/mol. The normalized spacial score (nSPS) is 10.6. The lowest BCUT2D eigenvalue weighted by Gasteiger charge is -2.12. The van der Waals surface area contributed by atoms with E-state index in [1.165, 1.54) is 0 Å². The van der Waals surface area contributed by atoms with E-state index in [-0.39, 0.29) is 36.2 Å². The van der Waals surface area contributed by atoms with Crippen LogP contribution in [0, 0.1) is 5.92 Å². The largest absolute Gasteiger partial charge is 0.376 e. The van der Waals surface area contributed by atoms with Gasteiger partial charge in [0.05, 0.1) is 6.54 Å². The van der Waals surface area contributed by atoms with Gasteiger partial charge in [-0.05, 0) is 50.2 Å². The predicted octanol–water partition coefficient (Wildman–Crippen LogP) is 3.47. The molecule has 4 N–H and O–H groups in total. The number of hydrogen-bond donors (Lipinski definition) is 4. The minimum atomic E-state index is -0.247. The summed E-state index contributed by atoms with van der Waals surface area (Å²) in [4.78, 5) is 36.1. The Morgan fingerprint density at radius 2 is 1.45 bits per heavy atom. The first kappa shape index (κ1) is 21.9. The SMILES string of the molecule is CC(C)NC(=O)c1cccc(NC(=O)CNc2cccc(NC(=O)C(C)C)c2)c1. The first-order valence-corrected chi connectivity index (χ1v) is 9.60. The van der Waals surface area contributed by atoms with Crippen LogP contribution in [0.2, 0.25) is 0 Å². The lowest BCUT2D eigenvalue weighted by molar-refractivity contribution is -0.119. The Kier molecular flexibility index (Phi) is 7.77. The van der Waals surface area contributed by atoms with Crippen LogP contribution in [0.4, 0.5) is 17.1 Å². The molecular weight excluding hydrogens is 368 g/mol. The van der Waals surface area contributed by atoms with Gasteiger partial charge in [0.2, 0.25) is 11.8 Å². The summed E-state index contributed by atoms with van der Waals surface area (Å²) in [6.07, 6.45) is 0. The van der Waals surface area contributed by atoms with E-state index < -0.39 is 0 Å². The molecule has 0 saturated heterocycles. The van der Waals surface area contributed by atoms with Crippen LogP contribution >= 0.6 is 0 Å². The van der Waals surface area contributed by atoms with Crippen molar-refractivity contribution in [2.45, 2.75) is 33.7 Å². The molecule has 3 amide bonds. The monoisotopic (exact) mass is 396 g/mol. The minimum absolute atomic E-state index is 0.0334. The van der Waals surface area contributed by atoms with E-state index in [2.05, 4.69) is 21.3 Å². The van der Waals surface area contributed by atoms with Gasteiger partial charge < -0.3 is 21.3 Å². The number of nitrogens with one attached hydrogen (secondary N) is 4. The zero-order valence-corrected chi connectivity index (χ0v) is 17.2. The summed E-state index contributed by atoms with van der Waals surface area (Å²) in [5, 5.41) is 11.4. The summed E-state index contributed by atoms with van der Waals surface area (Å²) in [6.45, 7) is 7.47. The number of hydrogen-bond acceptors (Lipinski definition) is 4. The Morgan fingerprint density at radius 1 is 0.828 bits per heavy atom. The molecule has 0 fully saturated rings. The van der Waals surface area contributed by atoms with Gasteiger partial charge >= 0.3 is 0 Å². The van der Waals surface area contributed by atoms with Crippen molar-refractivity contribution in [3.63, 3.8) is 0 Å². The lowest BCUT2D eigenvalue weighted by Crippen LogP contribution is -2.30. The molecule has 0 saturated carbocycles. The summed E-state index contributed by atoms with van der Waals surface area (Å²) >= 11 is 0. The van der Waals surface area contributed by atoms with Crippen LogP contribution in [-0.4, -0.2) is 30.3 Å². The average Bonchev–Trinajstić information content (AvgIpc) is 2.66. The summed E-state index contributed by atoms with van der Waals surface area (Å²) in [7, 11) is 0. The second-order valence-electron chi connectivity index (χ2n) is 7.34. The molecule has 0 bridgehead atoms. The zero-order valence-electron chi connectivity index (χ0n) is 17.2. The van der Waals surface area contributed by atoms with Gasteiger partial charge in [-0.1, -0.05) is 26.0 Å². The van der Waals surface area contributed by atoms with Crippen LogP contribution in [-0.2, 0) is 9.59 Å². The van der Waals surface area contributed by atoms with Gasteiger partial charge in [-0.2, -0.15) is 0 Å². The van der Waals surface area contributed by atoms with Crippen LogP contribution < -0.4 is 21.3 Å². The Balaban J connectivity index is 1.92. The van der Waals surface area contributed by atoms with E-state index in [0.717, 1.165) is 0 Å². The van der Waals surface area contributed by atoms with Gasteiger partial charge in [-0.15, -0.1) is 0 Å². The van der Waals surface area contributed by atoms with Crippen LogP contribution in [0.1, 0.15) is 38.1 Å². The molecule has 0 aliphatic heterocycles. The highest BCUT2D eigenvalue weighted by Crippen LogP contribution is 2.16. The highest BCUT2D eigenvalue weighted by Gasteiger charge is 2.10. The lowest BCUT2D eigenvalue weighted by atomic mass is 10.1. The molecule has 0 heterocycles. The third-order valence-corrected chi connectivity index (χ3v) is 3.94. The maximum absolute atomic E-state index is 12.3. The topological polar surface area (TPSA) is 99.3 Å². The molecule has 0 spiro atoms. The Morgan fingerprint density at radius 3 is 2.10 bits per heavy atom. The van der Waals surface area contributed by atoms with Crippen molar-refractivity contribution in [3.8, 4) is 0 Å². The summed E-state index contributed by atoms with van der Waals surface area (Å²) in [6, 6.07) is 14.0. The standard InChI is InChI=1S/C22H28N4O3/c1-14(2)21(28)26-19-10-6-8-17(12-19)23-13-20(27)25-18-9-5-7-16(11-18)22(29)24-15(3)4/h5-12,14-15,23H,13H2,1-4H3,(H,24,29)(H,25,27)(H,26,28). The second kappa shape index (κ2) is 10.3. The Bertz CT molecular complexity index is 878. The molecule has 0 unspecified atom stereocenters. The highest BCUT2D eigenvalue weighted by atomic mass is 16.2. The van der Waals surface area contributed by atoms with Crippen LogP contribution in [0.15, 0.2) is 48.5 Å². The number of amides is 3. The van der Waals surface area contributed by atoms with E-state index in [4.69, 9.17) is 0 Å². The van der Waals surface area contributed by atoms with Gasteiger partial charge in [-0.3, -0.25) is 14.4 Å². The molecule has 0 aliphatic rings. The number of anilines is 3. The fourth-order valence-corrected chi connectivity index (χ4v) is 2.46. The maximum atomic E-state index is 12.3. The molecule has 7 heteroatoms. The summed E-state index contributed by atoms with van der Waals surface area (Å²) in [5.41, 5.74) is 2.41. The number of rotatable bonds is 8. The van der Waals surface area contributed by atoms with Crippen LogP contribution in [0.3, 0.4) is 0 Å². The molecule has 29 heavy (non-hydrogen) atoms. The Hall–Kier alpha value is -3.35. The number of carbonyl (C=O) groups excluding carboxylic acids is 3. The smallest absolute Gasteiger partial charge is 0.251 e. The molecule has 0 atom stereocenters. The molecule has 154 valence electrons. The molecule has 7 nitrogen and oxygen atoms in total. The third-order valence-electron chi connectivity index (χ3n) is 3.94. The van der Waals surface area contributed by atoms with Crippen LogP contribution in [0.5, 0.6) is 0 Å². The van der Waals surface area contributed by atoms with Gasteiger partial charge in [-0.25, -0.2) is 0 Å². The van der Waals surface area contributed by atoms with Gasteiger partial charge in [0, 0.05) is 34.6 Å². The molecule has 2 aromatic carbocycles. The number of benzene rings is 2. The second-order valence-corrected chi connectivity index (χ2v) is 7.34. The van der Waals surface area contributed by atoms with E-state index in [1.807, 2.05) is 33.8 Å². The van der Waals surface area contributed by atoms with Crippen molar-refractivity contribution < 1.29 is 14.4 Å². The maximum Gasteiger partial charge on any atom is 0.251 e. The van der Waals surface area contributed by atoms with Crippen molar-refractivity contribution in [1.82, 2.24) is 5.32 Å². The van der Waals surface area contributed by atoms with E-state index >= 15 is 0 Å². The first-order chi connectivity index (χ1) is 13.7. The number of carbonyl (C=O) groups is 3.